The van der Waals surface area contributed by atoms with Gasteiger partial charge in [0.05, 0.1) is 9.80 Å². The van der Waals surface area contributed by atoms with E-state index in [1.165, 1.54) is 24.3 Å². The summed E-state index contributed by atoms with van der Waals surface area (Å²) in [7, 11) is -3.82. The number of nitrogens with zero attached hydrogens (tertiary/aromatic N) is 1. The van der Waals surface area contributed by atoms with Crippen LogP contribution in [-0.4, -0.2) is 36.9 Å². The van der Waals surface area contributed by atoms with E-state index in [9.17, 15) is 22.8 Å². The van der Waals surface area contributed by atoms with Gasteiger partial charge in [-0.1, -0.05) is 23.7 Å². The molecule has 8 nitrogen and oxygen atoms in total. The number of carbonyl (C=O) groups excluding carboxylic acids is 3. The first-order valence-electron chi connectivity index (χ1n) is 8.57. The molecule has 11 heteroatoms. The summed E-state index contributed by atoms with van der Waals surface area (Å²) in [6.45, 7) is -0.0796. The van der Waals surface area contributed by atoms with E-state index in [0.717, 1.165) is 22.2 Å². The van der Waals surface area contributed by atoms with Gasteiger partial charge in [0.2, 0.25) is 15.9 Å². The number of rotatable bonds is 6. The normalized spacial score (nSPS) is 15.7. The Labute approximate surface area is 182 Å². The molecule has 1 saturated heterocycles. The molecule has 0 aliphatic carbocycles. The topological polar surface area (TPSA) is 127 Å². The molecule has 0 aromatic heterocycles. The summed E-state index contributed by atoms with van der Waals surface area (Å²) in [5.74, 6) is -0.899. The molecule has 1 fully saturated rings. The zero-order chi connectivity index (χ0) is 21.9. The molecule has 30 heavy (non-hydrogen) atoms. The third kappa shape index (κ3) is 5.48. The Balaban J connectivity index is 1.58. The Morgan fingerprint density at radius 3 is 2.33 bits per heavy atom. The molecule has 1 heterocycles. The predicted molar refractivity (Wildman–Crippen MR) is 115 cm³/mol. The highest BCUT2D eigenvalue weighted by Crippen LogP contribution is 2.32. The molecule has 2 aromatic rings. The minimum Gasteiger partial charge on any atom is -0.326 e. The lowest BCUT2D eigenvalue weighted by Crippen LogP contribution is -2.31. The van der Waals surface area contributed by atoms with Gasteiger partial charge in [0.1, 0.15) is 0 Å². The van der Waals surface area contributed by atoms with E-state index in [1.807, 2.05) is 0 Å². The highest BCUT2D eigenvalue weighted by atomic mass is 35.5. The fourth-order valence-corrected chi connectivity index (χ4v) is 4.07. The lowest BCUT2D eigenvalue weighted by atomic mass is 10.2. The molecule has 2 aromatic carbocycles. The van der Waals surface area contributed by atoms with E-state index in [0.29, 0.717) is 10.7 Å². The summed E-state index contributed by atoms with van der Waals surface area (Å²) in [5, 5.41) is 7.70. The minimum absolute atomic E-state index is 0.0780. The van der Waals surface area contributed by atoms with Crippen molar-refractivity contribution in [1.82, 2.24) is 4.90 Å². The van der Waals surface area contributed by atoms with Crippen LogP contribution in [-0.2, 0) is 19.6 Å². The highest BCUT2D eigenvalue weighted by Gasteiger charge is 2.35. The summed E-state index contributed by atoms with van der Waals surface area (Å²) in [4.78, 5) is 38.0. The van der Waals surface area contributed by atoms with Crippen molar-refractivity contribution < 1.29 is 22.8 Å². The molecular formula is C19H16ClN3O5S2. The monoisotopic (exact) mass is 465 g/mol. The maximum Gasteiger partial charge on any atom is 0.293 e. The summed E-state index contributed by atoms with van der Waals surface area (Å²) in [6.07, 6.45) is 1.48. The predicted octanol–water partition coefficient (Wildman–Crippen LogP) is 3.05. The van der Waals surface area contributed by atoms with Gasteiger partial charge >= 0.3 is 0 Å². The summed E-state index contributed by atoms with van der Waals surface area (Å²) in [5.41, 5.74) is 1.09. The van der Waals surface area contributed by atoms with Gasteiger partial charge in [-0.05, 0) is 59.8 Å². The molecule has 0 bridgehead atoms. The maximum atomic E-state index is 12.5. The number of hydrogen-bond acceptors (Lipinski definition) is 6. The summed E-state index contributed by atoms with van der Waals surface area (Å²) in [6, 6.07) is 12.1. The number of primary sulfonamides is 1. The van der Waals surface area contributed by atoms with Crippen LogP contribution in [0.1, 0.15) is 12.0 Å². The first kappa shape index (κ1) is 22.0. The quantitative estimate of drug-likeness (QED) is 0.631. The molecule has 0 atom stereocenters. The molecule has 0 saturated carbocycles. The molecule has 0 radical (unpaired) electrons. The lowest BCUT2D eigenvalue weighted by molar-refractivity contribution is -0.123. The second kappa shape index (κ2) is 9.00. The van der Waals surface area contributed by atoms with Crippen LogP contribution in [0.2, 0.25) is 5.02 Å². The van der Waals surface area contributed by atoms with E-state index >= 15 is 0 Å². The van der Waals surface area contributed by atoms with Crippen molar-refractivity contribution in [1.29, 1.82) is 0 Å². The van der Waals surface area contributed by atoms with Gasteiger partial charge in [0, 0.05) is 23.7 Å². The van der Waals surface area contributed by atoms with Gasteiger partial charge < -0.3 is 5.32 Å². The number of imide groups is 1. The molecule has 0 unspecified atom stereocenters. The molecule has 3 amide bonds. The van der Waals surface area contributed by atoms with Crippen molar-refractivity contribution in [2.24, 2.45) is 5.14 Å². The van der Waals surface area contributed by atoms with Gasteiger partial charge in [-0.2, -0.15) is 0 Å². The largest absolute Gasteiger partial charge is 0.326 e. The van der Waals surface area contributed by atoms with Crippen molar-refractivity contribution in [3.05, 3.63) is 64.0 Å². The molecule has 1 aliphatic heterocycles. The number of halogens is 1. The zero-order valence-corrected chi connectivity index (χ0v) is 17.8. The molecular weight excluding hydrogens is 450 g/mol. The van der Waals surface area contributed by atoms with Crippen molar-refractivity contribution in [2.45, 2.75) is 11.3 Å². The van der Waals surface area contributed by atoms with Crippen LogP contribution >= 0.6 is 23.4 Å². The zero-order valence-electron chi connectivity index (χ0n) is 15.4. The molecule has 3 N–H and O–H groups in total. The Morgan fingerprint density at radius 1 is 1.10 bits per heavy atom. The Morgan fingerprint density at radius 2 is 1.73 bits per heavy atom. The van der Waals surface area contributed by atoms with Crippen molar-refractivity contribution in [3.63, 3.8) is 0 Å². The Kier molecular flexibility index (Phi) is 6.61. The second-order valence-corrected chi connectivity index (χ2v) is 9.24. The number of carbonyl (C=O) groups is 3. The van der Waals surface area contributed by atoms with E-state index in [1.54, 1.807) is 30.3 Å². The molecule has 3 rings (SSSR count). The fourth-order valence-electron chi connectivity index (χ4n) is 2.57. The minimum atomic E-state index is -3.82. The van der Waals surface area contributed by atoms with Crippen LogP contribution in [0.15, 0.2) is 58.3 Å². The van der Waals surface area contributed by atoms with Gasteiger partial charge in [0.25, 0.3) is 11.1 Å². The van der Waals surface area contributed by atoms with Gasteiger partial charge in [0.15, 0.2) is 0 Å². The lowest BCUT2D eigenvalue weighted by Gasteiger charge is -2.12. The molecule has 0 spiro atoms. The summed E-state index contributed by atoms with van der Waals surface area (Å²) < 4.78 is 22.5. The van der Waals surface area contributed by atoms with Crippen molar-refractivity contribution in [2.75, 3.05) is 11.9 Å². The van der Waals surface area contributed by atoms with E-state index in [4.69, 9.17) is 16.7 Å². The average molecular weight is 466 g/mol. The first-order valence-corrected chi connectivity index (χ1v) is 11.3. The number of anilines is 1. The Bertz CT molecular complexity index is 1130. The number of nitrogens with two attached hydrogens (primary N) is 1. The first-order chi connectivity index (χ1) is 14.1. The van der Waals surface area contributed by atoms with Crippen LogP contribution < -0.4 is 10.5 Å². The second-order valence-electron chi connectivity index (χ2n) is 6.25. The standard InChI is InChI=1S/C19H16ClN3O5S2/c20-13-3-1-12(2-4-13)11-16-18(25)23(19(26)29-16)10-9-17(24)22-14-5-7-15(8-6-14)30(21,27)28/h1-8,11H,9-10H2,(H,22,24)(H2,21,27,28)/b16-11-. The van der Waals surface area contributed by atoms with Crippen molar-refractivity contribution >= 4 is 62.2 Å². The van der Waals surface area contributed by atoms with Crippen LogP contribution in [0.5, 0.6) is 0 Å². The number of sulfonamides is 1. The number of amides is 3. The van der Waals surface area contributed by atoms with Crippen molar-refractivity contribution in [3.8, 4) is 0 Å². The van der Waals surface area contributed by atoms with Crippen LogP contribution in [0.25, 0.3) is 6.08 Å². The van der Waals surface area contributed by atoms with Crippen LogP contribution in [0.3, 0.4) is 0 Å². The number of nitrogens with one attached hydrogen (secondary N) is 1. The summed E-state index contributed by atoms with van der Waals surface area (Å²) >= 11 is 6.64. The maximum absolute atomic E-state index is 12.5. The van der Waals surface area contributed by atoms with E-state index in [2.05, 4.69) is 5.32 Å². The number of thioether (sulfide) groups is 1. The van der Waals surface area contributed by atoms with Crippen LogP contribution in [0, 0.1) is 0 Å². The number of hydrogen-bond donors (Lipinski definition) is 2. The van der Waals surface area contributed by atoms with Gasteiger partial charge in [-0.25, -0.2) is 13.6 Å². The molecule has 156 valence electrons. The third-order valence-corrected chi connectivity index (χ3v) is 6.16. The van der Waals surface area contributed by atoms with E-state index in [-0.39, 0.29) is 22.8 Å². The Hall–Kier alpha value is -2.66. The van der Waals surface area contributed by atoms with E-state index < -0.39 is 27.1 Å². The van der Waals surface area contributed by atoms with Crippen LogP contribution in [0.4, 0.5) is 10.5 Å². The average Bonchev–Trinajstić information content (AvgIpc) is 2.94. The highest BCUT2D eigenvalue weighted by molar-refractivity contribution is 8.18. The van der Waals surface area contributed by atoms with Gasteiger partial charge in [-0.15, -0.1) is 0 Å². The molecule has 1 aliphatic rings. The fraction of sp³-hybridized carbons (Fsp3) is 0.105. The third-order valence-electron chi connectivity index (χ3n) is 4.07. The SMILES string of the molecule is NS(=O)(=O)c1ccc(NC(=O)CCN2C(=O)S/C(=C\c3ccc(Cl)cc3)C2=O)cc1. The van der Waals surface area contributed by atoms with Gasteiger partial charge in [-0.3, -0.25) is 19.3 Å². The smallest absolute Gasteiger partial charge is 0.293 e. The number of benzene rings is 2.